The van der Waals surface area contributed by atoms with Crippen LogP contribution in [-0.4, -0.2) is 0 Å². The number of benzene rings is 1. The molecule has 16 heavy (non-hydrogen) atoms. The van der Waals surface area contributed by atoms with Crippen LogP contribution in [0.5, 0.6) is 0 Å². The standard InChI is InChI=1S/C15H14S/c1-10-8-13-14(9-10)16-11(2)15(13)12-6-4-3-5-7-12/h3-9,13H,1-2H3. The number of allylic oxidation sites excluding steroid dienone is 6. The summed E-state index contributed by atoms with van der Waals surface area (Å²) in [6.07, 6.45) is 4.69. The van der Waals surface area contributed by atoms with Crippen molar-refractivity contribution in [2.45, 2.75) is 13.8 Å². The van der Waals surface area contributed by atoms with Crippen molar-refractivity contribution in [2.24, 2.45) is 5.92 Å². The zero-order valence-electron chi connectivity index (χ0n) is 9.53. The van der Waals surface area contributed by atoms with Crippen molar-refractivity contribution in [2.75, 3.05) is 0 Å². The number of fused-ring (bicyclic) bond motifs is 1. The second kappa shape index (κ2) is 3.67. The zero-order valence-corrected chi connectivity index (χ0v) is 10.3. The molecule has 0 nitrogen and oxygen atoms in total. The molecule has 0 amide bonds. The fourth-order valence-electron chi connectivity index (χ4n) is 2.48. The molecule has 1 aliphatic heterocycles. The van der Waals surface area contributed by atoms with Gasteiger partial charge < -0.3 is 0 Å². The van der Waals surface area contributed by atoms with Crippen LogP contribution in [0, 0.1) is 5.92 Å². The number of hydrogen-bond donors (Lipinski definition) is 0. The molecule has 1 unspecified atom stereocenters. The van der Waals surface area contributed by atoms with Gasteiger partial charge in [-0.25, -0.2) is 0 Å². The lowest BCUT2D eigenvalue weighted by atomic mass is 9.93. The Morgan fingerprint density at radius 2 is 1.81 bits per heavy atom. The van der Waals surface area contributed by atoms with Crippen LogP contribution >= 0.6 is 11.8 Å². The van der Waals surface area contributed by atoms with Gasteiger partial charge in [-0.2, -0.15) is 0 Å². The molecule has 0 bridgehead atoms. The lowest BCUT2D eigenvalue weighted by molar-refractivity contribution is 1.10. The fraction of sp³-hybridized carbons (Fsp3) is 0.200. The maximum Gasteiger partial charge on any atom is 0.0352 e. The van der Waals surface area contributed by atoms with Crippen LogP contribution in [0.25, 0.3) is 5.57 Å². The van der Waals surface area contributed by atoms with E-state index in [-0.39, 0.29) is 0 Å². The summed E-state index contributed by atoms with van der Waals surface area (Å²) in [5.41, 5.74) is 4.26. The summed E-state index contributed by atoms with van der Waals surface area (Å²) in [6.45, 7) is 4.42. The normalized spacial score (nSPS) is 23.2. The lowest BCUT2D eigenvalue weighted by Gasteiger charge is -2.09. The Bertz CT molecular complexity index is 518. The van der Waals surface area contributed by atoms with Crippen LogP contribution < -0.4 is 0 Å². The molecule has 1 aromatic carbocycles. The first-order valence-electron chi connectivity index (χ1n) is 5.60. The van der Waals surface area contributed by atoms with Crippen molar-refractivity contribution in [1.29, 1.82) is 0 Å². The summed E-state index contributed by atoms with van der Waals surface area (Å²) in [4.78, 5) is 2.94. The van der Waals surface area contributed by atoms with E-state index in [4.69, 9.17) is 0 Å². The van der Waals surface area contributed by atoms with Gasteiger partial charge >= 0.3 is 0 Å². The van der Waals surface area contributed by atoms with E-state index in [9.17, 15) is 0 Å². The number of hydrogen-bond acceptors (Lipinski definition) is 1. The van der Waals surface area contributed by atoms with Gasteiger partial charge in [-0.1, -0.05) is 53.7 Å². The van der Waals surface area contributed by atoms with Crippen LogP contribution in [0.15, 0.2) is 57.9 Å². The van der Waals surface area contributed by atoms with Gasteiger partial charge in [0.25, 0.3) is 0 Å². The highest BCUT2D eigenvalue weighted by Gasteiger charge is 2.30. The third-order valence-corrected chi connectivity index (χ3v) is 4.29. The maximum atomic E-state index is 2.38. The number of rotatable bonds is 1. The van der Waals surface area contributed by atoms with Gasteiger partial charge in [0, 0.05) is 10.8 Å². The fourth-order valence-corrected chi connectivity index (χ4v) is 3.74. The van der Waals surface area contributed by atoms with Crippen molar-refractivity contribution in [3.63, 3.8) is 0 Å². The summed E-state index contributed by atoms with van der Waals surface area (Å²) in [5, 5.41) is 0. The third-order valence-electron chi connectivity index (χ3n) is 3.15. The van der Waals surface area contributed by atoms with Crippen LogP contribution in [0.3, 0.4) is 0 Å². The maximum absolute atomic E-state index is 2.38. The predicted octanol–water partition coefficient (Wildman–Crippen LogP) is 4.62. The topological polar surface area (TPSA) is 0 Å². The molecule has 1 atom stereocenters. The smallest absolute Gasteiger partial charge is 0.0352 e. The third kappa shape index (κ3) is 1.47. The van der Waals surface area contributed by atoms with Gasteiger partial charge in [-0.15, -0.1) is 0 Å². The van der Waals surface area contributed by atoms with Gasteiger partial charge in [0.2, 0.25) is 0 Å². The summed E-state index contributed by atoms with van der Waals surface area (Å²) in [7, 11) is 0. The molecule has 1 aromatic rings. The highest BCUT2D eigenvalue weighted by molar-refractivity contribution is 8.07. The van der Waals surface area contributed by atoms with Gasteiger partial charge in [-0.3, -0.25) is 0 Å². The zero-order chi connectivity index (χ0) is 11.1. The van der Waals surface area contributed by atoms with E-state index in [1.54, 1.807) is 0 Å². The molecule has 0 aromatic heterocycles. The van der Waals surface area contributed by atoms with E-state index < -0.39 is 0 Å². The van der Waals surface area contributed by atoms with E-state index in [1.165, 1.54) is 26.5 Å². The molecule has 0 radical (unpaired) electrons. The minimum Gasteiger partial charge on any atom is -0.0980 e. The molecule has 1 heterocycles. The van der Waals surface area contributed by atoms with Crippen molar-refractivity contribution in [1.82, 2.24) is 0 Å². The Morgan fingerprint density at radius 3 is 2.56 bits per heavy atom. The highest BCUT2D eigenvalue weighted by Crippen LogP contribution is 2.52. The quantitative estimate of drug-likeness (QED) is 0.673. The van der Waals surface area contributed by atoms with Gasteiger partial charge in [0.15, 0.2) is 0 Å². The molecular formula is C15H14S. The van der Waals surface area contributed by atoms with Gasteiger partial charge in [-0.05, 0) is 36.0 Å². The summed E-state index contributed by atoms with van der Waals surface area (Å²) >= 11 is 1.93. The first kappa shape index (κ1) is 9.98. The molecule has 0 saturated heterocycles. The van der Waals surface area contributed by atoms with Crippen molar-refractivity contribution in [3.05, 3.63) is 63.4 Å². The van der Waals surface area contributed by atoms with Crippen LogP contribution in [0.4, 0.5) is 0 Å². The highest BCUT2D eigenvalue weighted by atomic mass is 32.2. The SMILES string of the molecule is CC1=CC2C(=C1)SC(C)=C2c1ccccc1. The van der Waals surface area contributed by atoms with Crippen LogP contribution in [0.2, 0.25) is 0 Å². The molecule has 0 N–H and O–H groups in total. The van der Waals surface area contributed by atoms with Crippen LogP contribution in [0.1, 0.15) is 19.4 Å². The Morgan fingerprint density at radius 1 is 1.06 bits per heavy atom. The van der Waals surface area contributed by atoms with E-state index >= 15 is 0 Å². The molecule has 0 saturated carbocycles. The van der Waals surface area contributed by atoms with Crippen LogP contribution in [-0.2, 0) is 0 Å². The molecule has 3 rings (SSSR count). The predicted molar refractivity (Wildman–Crippen MR) is 72.0 cm³/mol. The van der Waals surface area contributed by atoms with E-state index in [0.717, 1.165) is 0 Å². The summed E-state index contributed by atoms with van der Waals surface area (Å²) in [6, 6.07) is 10.7. The molecule has 2 aliphatic rings. The Labute approximate surface area is 101 Å². The number of thioether (sulfide) groups is 1. The largest absolute Gasteiger partial charge is 0.0980 e. The van der Waals surface area contributed by atoms with Crippen molar-refractivity contribution >= 4 is 17.3 Å². The van der Waals surface area contributed by atoms with E-state index in [0.29, 0.717) is 5.92 Å². The Kier molecular flexibility index (Phi) is 2.29. The molecular weight excluding hydrogens is 212 g/mol. The summed E-state index contributed by atoms with van der Waals surface area (Å²) < 4.78 is 0. The van der Waals surface area contributed by atoms with E-state index in [1.807, 2.05) is 11.8 Å². The van der Waals surface area contributed by atoms with Gasteiger partial charge in [0.1, 0.15) is 0 Å². The second-order valence-corrected chi connectivity index (χ2v) is 5.66. The minimum absolute atomic E-state index is 0.521. The van der Waals surface area contributed by atoms with Crippen molar-refractivity contribution in [3.8, 4) is 0 Å². The average Bonchev–Trinajstić information content (AvgIpc) is 2.74. The Hall–Kier alpha value is -1.21. The molecule has 1 heteroatoms. The second-order valence-electron chi connectivity index (χ2n) is 4.37. The Balaban J connectivity index is 2.08. The summed E-state index contributed by atoms with van der Waals surface area (Å²) in [5.74, 6) is 0.521. The monoisotopic (exact) mass is 226 g/mol. The first-order chi connectivity index (χ1) is 7.75. The lowest BCUT2D eigenvalue weighted by Crippen LogP contribution is -1.95. The van der Waals surface area contributed by atoms with Crippen molar-refractivity contribution < 1.29 is 0 Å². The molecule has 80 valence electrons. The van der Waals surface area contributed by atoms with E-state index in [2.05, 4.69) is 56.3 Å². The molecule has 0 spiro atoms. The molecule has 1 aliphatic carbocycles. The van der Waals surface area contributed by atoms with Gasteiger partial charge in [0.05, 0.1) is 0 Å². The average molecular weight is 226 g/mol. The first-order valence-corrected chi connectivity index (χ1v) is 6.41. The molecule has 0 fully saturated rings. The minimum atomic E-state index is 0.521.